The Morgan fingerprint density at radius 3 is 2.38 bits per heavy atom. The zero-order valence-corrected chi connectivity index (χ0v) is 11.6. The predicted octanol–water partition coefficient (Wildman–Crippen LogP) is 1.77. The molecular weight excluding hydrogens is 220 g/mol. The van der Waals surface area contributed by atoms with E-state index in [1.807, 2.05) is 32.5 Å². The lowest BCUT2D eigenvalue weighted by Gasteiger charge is -2.41. The number of hydrogen-bond donors (Lipinski definition) is 2. The average Bonchev–Trinajstić information content (AvgIpc) is 2.15. The minimum atomic E-state index is -0.0907. The predicted molar refractivity (Wildman–Crippen MR) is 70.8 cm³/mol. The molecule has 1 rings (SSSR count). The van der Waals surface area contributed by atoms with Crippen LogP contribution in [0, 0.1) is 0 Å². The first-order valence-electron chi connectivity index (χ1n) is 6.08. The van der Waals surface area contributed by atoms with Crippen LogP contribution in [0.1, 0.15) is 40.0 Å². The highest BCUT2D eigenvalue weighted by molar-refractivity contribution is 8.00. The van der Waals surface area contributed by atoms with Gasteiger partial charge in [-0.05, 0) is 39.9 Å². The SMILES string of the molecule is CSC1(CNC(C)C(=O)NC(C)C)CCC1. The number of carbonyl (C=O) groups is 1. The highest BCUT2D eigenvalue weighted by atomic mass is 32.2. The highest BCUT2D eigenvalue weighted by Gasteiger charge is 2.36. The second kappa shape index (κ2) is 5.92. The van der Waals surface area contributed by atoms with Gasteiger partial charge in [-0.15, -0.1) is 0 Å². The Morgan fingerprint density at radius 1 is 1.38 bits per heavy atom. The zero-order valence-electron chi connectivity index (χ0n) is 10.8. The molecule has 4 heteroatoms. The van der Waals surface area contributed by atoms with E-state index in [2.05, 4.69) is 16.9 Å². The van der Waals surface area contributed by atoms with Crippen LogP contribution in [0.3, 0.4) is 0 Å². The van der Waals surface area contributed by atoms with Crippen molar-refractivity contribution in [1.29, 1.82) is 0 Å². The maximum atomic E-state index is 11.7. The van der Waals surface area contributed by atoms with Gasteiger partial charge >= 0.3 is 0 Å². The Hall–Kier alpha value is -0.220. The molecule has 3 nitrogen and oxygen atoms in total. The third kappa shape index (κ3) is 3.67. The van der Waals surface area contributed by atoms with Crippen LogP contribution in [0.25, 0.3) is 0 Å². The average molecular weight is 244 g/mol. The molecule has 1 aliphatic carbocycles. The van der Waals surface area contributed by atoms with E-state index in [9.17, 15) is 4.79 Å². The molecule has 1 fully saturated rings. The Bertz CT molecular complexity index is 234. The van der Waals surface area contributed by atoms with Gasteiger partial charge in [-0.25, -0.2) is 0 Å². The van der Waals surface area contributed by atoms with Crippen molar-refractivity contribution in [2.45, 2.75) is 56.9 Å². The monoisotopic (exact) mass is 244 g/mol. The van der Waals surface area contributed by atoms with E-state index in [4.69, 9.17) is 0 Å². The Balaban J connectivity index is 2.28. The molecule has 0 aliphatic heterocycles. The molecule has 1 saturated carbocycles. The smallest absolute Gasteiger partial charge is 0.237 e. The second-order valence-electron chi connectivity index (χ2n) is 5.01. The summed E-state index contributed by atoms with van der Waals surface area (Å²) >= 11 is 1.93. The summed E-state index contributed by atoms with van der Waals surface area (Å²) in [4.78, 5) is 11.7. The fourth-order valence-corrected chi connectivity index (χ4v) is 2.79. The van der Waals surface area contributed by atoms with Gasteiger partial charge in [0.25, 0.3) is 0 Å². The molecule has 94 valence electrons. The standard InChI is InChI=1S/C12H24N2OS/c1-9(2)14-11(15)10(3)13-8-12(16-4)6-5-7-12/h9-10,13H,5-8H2,1-4H3,(H,14,15). The van der Waals surface area contributed by atoms with Gasteiger partial charge < -0.3 is 10.6 Å². The van der Waals surface area contributed by atoms with Gasteiger partial charge in [0.1, 0.15) is 0 Å². The molecular formula is C12H24N2OS. The van der Waals surface area contributed by atoms with Gasteiger partial charge in [0.15, 0.2) is 0 Å². The van der Waals surface area contributed by atoms with E-state index in [0.29, 0.717) is 4.75 Å². The minimum absolute atomic E-state index is 0.0907. The first-order valence-corrected chi connectivity index (χ1v) is 7.30. The van der Waals surface area contributed by atoms with Crippen LogP contribution >= 0.6 is 11.8 Å². The topological polar surface area (TPSA) is 41.1 Å². The number of hydrogen-bond acceptors (Lipinski definition) is 3. The van der Waals surface area contributed by atoms with Crippen molar-refractivity contribution in [2.75, 3.05) is 12.8 Å². The molecule has 16 heavy (non-hydrogen) atoms. The molecule has 0 aromatic carbocycles. The lowest BCUT2D eigenvalue weighted by Crippen LogP contribution is -2.51. The van der Waals surface area contributed by atoms with Crippen molar-refractivity contribution in [3.8, 4) is 0 Å². The van der Waals surface area contributed by atoms with Gasteiger partial charge in [-0.3, -0.25) is 4.79 Å². The number of thioether (sulfide) groups is 1. The summed E-state index contributed by atoms with van der Waals surface area (Å²) in [6.45, 7) is 6.85. The van der Waals surface area contributed by atoms with Crippen molar-refractivity contribution in [3.05, 3.63) is 0 Å². The van der Waals surface area contributed by atoms with Gasteiger partial charge in [-0.2, -0.15) is 11.8 Å². The molecule has 0 spiro atoms. The van der Waals surface area contributed by atoms with Crippen molar-refractivity contribution in [1.82, 2.24) is 10.6 Å². The Kier molecular flexibility index (Phi) is 5.12. The van der Waals surface area contributed by atoms with Gasteiger partial charge in [0, 0.05) is 17.3 Å². The van der Waals surface area contributed by atoms with Crippen LogP contribution < -0.4 is 10.6 Å². The van der Waals surface area contributed by atoms with Crippen molar-refractivity contribution in [2.24, 2.45) is 0 Å². The molecule has 1 aliphatic rings. The number of carbonyl (C=O) groups excluding carboxylic acids is 1. The van der Waals surface area contributed by atoms with Crippen LogP contribution in [0.5, 0.6) is 0 Å². The van der Waals surface area contributed by atoms with Crippen LogP contribution in [-0.4, -0.2) is 35.5 Å². The molecule has 0 radical (unpaired) electrons. The van der Waals surface area contributed by atoms with Crippen molar-refractivity contribution >= 4 is 17.7 Å². The summed E-state index contributed by atoms with van der Waals surface area (Å²) in [7, 11) is 0. The summed E-state index contributed by atoms with van der Waals surface area (Å²) in [5, 5.41) is 6.27. The maximum Gasteiger partial charge on any atom is 0.237 e. The van der Waals surface area contributed by atoms with E-state index in [1.165, 1.54) is 19.3 Å². The number of amides is 1. The number of rotatable bonds is 6. The molecule has 0 aromatic rings. The summed E-state index contributed by atoms with van der Waals surface area (Å²) < 4.78 is 0.395. The Morgan fingerprint density at radius 2 is 2.00 bits per heavy atom. The van der Waals surface area contributed by atoms with E-state index in [-0.39, 0.29) is 18.0 Å². The summed E-state index contributed by atoms with van der Waals surface area (Å²) in [6, 6.07) is 0.127. The normalized spacial score (nSPS) is 20.3. The molecule has 0 saturated heterocycles. The van der Waals surface area contributed by atoms with E-state index in [1.54, 1.807) is 0 Å². The van der Waals surface area contributed by atoms with E-state index in [0.717, 1.165) is 6.54 Å². The van der Waals surface area contributed by atoms with Crippen LogP contribution in [0.15, 0.2) is 0 Å². The molecule has 0 aromatic heterocycles. The Labute approximate surface area is 103 Å². The summed E-state index contributed by atoms with van der Waals surface area (Å²) in [5.41, 5.74) is 0. The summed E-state index contributed by atoms with van der Waals surface area (Å²) in [6.07, 6.45) is 6.05. The molecule has 0 heterocycles. The fraction of sp³-hybridized carbons (Fsp3) is 0.917. The van der Waals surface area contributed by atoms with Crippen molar-refractivity contribution < 1.29 is 4.79 Å². The lowest BCUT2D eigenvalue weighted by molar-refractivity contribution is -0.123. The third-order valence-corrected chi connectivity index (χ3v) is 4.67. The molecule has 1 atom stereocenters. The third-order valence-electron chi connectivity index (χ3n) is 3.25. The van der Waals surface area contributed by atoms with Crippen LogP contribution in [0.2, 0.25) is 0 Å². The van der Waals surface area contributed by atoms with Crippen LogP contribution in [-0.2, 0) is 4.79 Å². The quantitative estimate of drug-likeness (QED) is 0.748. The van der Waals surface area contributed by atoms with Crippen molar-refractivity contribution in [3.63, 3.8) is 0 Å². The van der Waals surface area contributed by atoms with Gasteiger partial charge in [-0.1, -0.05) is 6.42 Å². The molecule has 1 amide bonds. The van der Waals surface area contributed by atoms with Crippen LogP contribution in [0.4, 0.5) is 0 Å². The molecule has 0 bridgehead atoms. The van der Waals surface area contributed by atoms with Gasteiger partial charge in [0.05, 0.1) is 6.04 Å². The van der Waals surface area contributed by atoms with Gasteiger partial charge in [0.2, 0.25) is 5.91 Å². The lowest BCUT2D eigenvalue weighted by atomic mass is 9.84. The van der Waals surface area contributed by atoms with E-state index < -0.39 is 0 Å². The molecule has 1 unspecified atom stereocenters. The first kappa shape index (κ1) is 13.8. The second-order valence-corrected chi connectivity index (χ2v) is 6.28. The zero-order chi connectivity index (χ0) is 12.2. The first-order chi connectivity index (χ1) is 7.49. The van der Waals surface area contributed by atoms with E-state index >= 15 is 0 Å². The maximum absolute atomic E-state index is 11.7. The minimum Gasteiger partial charge on any atom is -0.353 e. The fourth-order valence-electron chi connectivity index (χ4n) is 1.87. The largest absolute Gasteiger partial charge is 0.353 e. The molecule has 2 N–H and O–H groups in total. The highest BCUT2D eigenvalue weighted by Crippen LogP contribution is 2.42. The summed E-state index contributed by atoms with van der Waals surface area (Å²) in [5.74, 6) is 0.102. The number of nitrogens with one attached hydrogen (secondary N) is 2.